The van der Waals surface area contributed by atoms with Crippen molar-refractivity contribution in [3.05, 3.63) is 42.1 Å². The Kier molecular flexibility index (Phi) is 7.09. The van der Waals surface area contributed by atoms with E-state index in [-0.39, 0.29) is 40.0 Å². The fraction of sp³-hybridized carbons (Fsp3) is 0.400. The standard InChI is InChI=1S/C15H18N2O.2BrH/c18-15(14-7-1-2-9-17-14)12-5-3-8-13-11(12)6-4-10-16-13;;/h3-6,8,10,14-15,17-18H,1-2,7,9H2;2*1H. The Labute approximate surface area is 140 Å². The molecule has 1 aromatic heterocycles. The number of pyridine rings is 1. The Morgan fingerprint density at radius 2 is 2.00 bits per heavy atom. The lowest BCUT2D eigenvalue weighted by Gasteiger charge is -2.28. The zero-order valence-electron chi connectivity index (χ0n) is 11.2. The SMILES string of the molecule is Br.Br.OC(c1cccc2ncccc12)C1CCCCN1. The van der Waals surface area contributed by atoms with E-state index in [9.17, 15) is 5.11 Å². The average molecular weight is 404 g/mol. The van der Waals surface area contributed by atoms with Crippen molar-refractivity contribution in [2.45, 2.75) is 31.4 Å². The number of nitrogens with one attached hydrogen (secondary N) is 1. The second kappa shape index (κ2) is 8.08. The largest absolute Gasteiger partial charge is 0.387 e. The summed E-state index contributed by atoms with van der Waals surface area (Å²) in [6.45, 7) is 1.00. The van der Waals surface area contributed by atoms with Crippen LogP contribution in [0.1, 0.15) is 30.9 Å². The quantitative estimate of drug-likeness (QED) is 0.805. The highest BCUT2D eigenvalue weighted by Crippen LogP contribution is 2.28. The zero-order valence-corrected chi connectivity index (χ0v) is 14.6. The molecule has 2 aromatic rings. The molecule has 0 amide bonds. The van der Waals surface area contributed by atoms with Gasteiger partial charge in [-0.3, -0.25) is 4.98 Å². The third-order valence-corrected chi connectivity index (χ3v) is 3.73. The predicted molar refractivity (Wildman–Crippen MR) is 93.0 cm³/mol. The maximum atomic E-state index is 10.6. The molecule has 2 heterocycles. The van der Waals surface area contributed by atoms with Gasteiger partial charge in [0.25, 0.3) is 0 Å². The number of hydrogen-bond donors (Lipinski definition) is 2. The van der Waals surface area contributed by atoms with Gasteiger partial charge in [-0.15, -0.1) is 34.0 Å². The monoisotopic (exact) mass is 402 g/mol. The highest BCUT2D eigenvalue weighted by atomic mass is 79.9. The van der Waals surface area contributed by atoms with E-state index >= 15 is 0 Å². The molecule has 0 bridgehead atoms. The molecule has 0 spiro atoms. The fourth-order valence-corrected chi connectivity index (χ4v) is 2.75. The summed E-state index contributed by atoms with van der Waals surface area (Å²) < 4.78 is 0. The molecule has 20 heavy (non-hydrogen) atoms. The maximum Gasteiger partial charge on any atom is 0.0949 e. The van der Waals surface area contributed by atoms with E-state index in [0.717, 1.165) is 29.4 Å². The first kappa shape index (κ1) is 17.6. The van der Waals surface area contributed by atoms with Crippen LogP contribution in [0.15, 0.2) is 36.5 Å². The number of hydrogen-bond acceptors (Lipinski definition) is 3. The number of nitrogens with zero attached hydrogens (tertiary/aromatic N) is 1. The van der Waals surface area contributed by atoms with E-state index in [1.807, 2.05) is 30.3 Å². The first-order chi connectivity index (χ1) is 8.86. The highest BCUT2D eigenvalue weighted by molar-refractivity contribution is 8.93. The second-order valence-electron chi connectivity index (χ2n) is 4.92. The smallest absolute Gasteiger partial charge is 0.0949 e. The molecular formula is C15H20Br2N2O. The van der Waals surface area contributed by atoms with Gasteiger partial charge in [-0.25, -0.2) is 0 Å². The van der Waals surface area contributed by atoms with Gasteiger partial charge in [-0.05, 0) is 37.1 Å². The summed E-state index contributed by atoms with van der Waals surface area (Å²) in [4.78, 5) is 4.34. The van der Waals surface area contributed by atoms with Crippen LogP contribution in [-0.2, 0) is 0 Å². The average Bonchev–Trinajstić information content (AvgIpc) is 2.47. The van der Waals surface area contributed by atoms with E-state index in [4.69, 9.17) is 0 Å². The van der Waals surface area contributed by atoms with Crippen LogP contribution in [0.4, 0.5) is 0 Å². The van der Waals surface area contributed by atoms with E-state index in [1.54, 1.807) is 6.20 Å². The second-order valence-corrected chi connectivity index (χ2v) is 4.92. The van der Waals surface area contributed by atoms with Gasteiger partial charge in [0.1, 0.15) is 0 Å². The number of rotatable bonds is 2. The molecule has 1 saturated heterocycles. The molecule has 110 valence electrons. The molecule has 1 aliphatic heterocycles. The molecule has 0 radical (unpaired) electrons. The molecule has 2 unspecified atom stereocenters. The van der Waals surface area contributed by atoms with E-state index in [1.165, 1.54) is 12.8 Å². The summed E-state index contributed by atoms with van der Waals surface area (Å²) in [5, 5.41) is 15.0. The first-order valence-corrected chi connectivity index (χ1v) is 6.61. The minimum absolute atomic E-state index is 0. The van der Waals surface area contributed by atoms with E-state index in [0.29, 0.717) is 0 Å². The number of aliphatic hydroxyl groups is 1. The highest BCUT2D eigenvalue weighted by Gasteiger charge is 2.23. The molecule has 0 aliphatic carbocycles. The topological polar surface area (TPSA) is 45.2 Å². The van der Waals surface area contributed by atoms with Crippen molar-refractivity contribution in [2.24, 2.45) is 0 Å². The first-order valence-electron chi connectivity index (χ1n) is 6.61. The Balaban J connectivity index is 0.000001000. The summed E-state index contributed by atoms with van der Waals surface area (Å²) in [6, 6.07) is 10.1. The van der Waals surface area contributed by atoms with Crippen LogP contribution >= 0.6 is 34.0 Å². The van der Waals surface area contributed by atoms with Crippen LogP contribution in [0.2, 0.25) is 0 Å². The van der Waals surface area contributed by atoms with Crippen LogP contribution in [0.3, 0.4) is 0 Å². The third-order valence-electron chi connectivity index (χ3n) is 3.73. The van der Waals surface area contributed by atoms with Crippen molar-refractivity contribution in [3.8, 4) is 0 Å². The predicted octanol–water partition coefficient (Wildman–Crippen LogP) is 3.57. The molecule has 1 aromatic carbocycles. The Hall–Kier alpha value is -0.490. The molecule has 3 nitrogen and oxygen atoms in total. The van der Waals surface area contributed by atoms with Gasteiger partial charge >= 0.3 is 0 Å². The van der Waals surface area contributed by atoms with Crippen molar-refractivity contribution < 1.29 is 5.11 Å². The summed E-state index contributed by atoms with van der Waals surface area (Å²) in [6.07, 6.45) is 4.78. The van der Waals surface area contributed by atoms with Gasteiger partial charge in [0, 0.05) is 17.6 Å². The number of aliphatic hydroxyl groups excluding tert-OH is 1. The molecule has 5 heteroatoms. The van der Waals surface area contributed by atoms with Crippen molar-refractivity contribution in [1.82, 2.24) is 10.3 Å². The molecule has 3 rings (SSSR count). The number of piperidine rings is 1. The van der Waals surface area contributed by atoms with Gasteiger partial charge in [0.05, 0.1) is 11.6 Å². The third kappa shape index (κ3) is 3.58. The maximum absolute atomic E-state index is 10.6. The lowest BCUT2D eigenvalue weighted by molar-refractivity contribution is 0.115. The lowest BCUT2D eigenvalue weighted by atomic mass is 9.93. The van der Waals surface area contributed by atoms with Crippen LogP contribution in [0.25, 0.3) is 10.9 Å². The van der Waals surface area contributed by atoms with Crippen molar-refractivity contribution in [2.75, 3.05) is 6.54 Å². The fourth-order valence-electron chi connectivity index (χ4n) is 2.75. The minimum atomic E-state index is -0.446. The van der Waals surface area contributed by atoms with Crippen LogP contribution < -0.4 is 5.32 Å². The number of aromatic nitrogens is 1. The molecule has 2 atom stereocenters. The van der Waals surface area contributed by atoms with Gasteiger partial charge in [-0.1, -0.05) is 24.6 Å². The summed E-state index contributed by atoms with van der Waals surface area (Å²) in [7, 11) is 0. The normalized spacial score (nSPS) is 19.8. The molecule has 1 fully saturated rings. The van der Waals surface area contributed by atoms with Crippen molar-refractivity contribution in [1.29, 1.82) is 0 Å². The van der Waals surface area contributed by atoms with E-state index in [2.05, 4.69) is 10.3 Å². The molecule has 2 N–H and O–H groups in total. The van der Waals surface area contributed by atoms with Gasteiger partial charge in [-0.2, -0.15) is 0 Å². The Morgan fingerprint density at radius 1 is 1.15 bits per heavy atom. The summed E-state index contributed by atoms with van der Waals surface area (Å²) in [5.41, 5.74) is 1.94. The Morgan fingerprint density at radius 3 is 2.75 bits per heavy atom. The van der Waals surface area contributed by atoms with Crippen LogP contribution in [0.5, 0.6) is 0 Å². The van der Waals surface area contributed by atoms with Crippen molar-refractivity contribution >= 4 is 44.9 Å². The molecule has 1 aliphatic rings. The van der Waals surface area contributed by atoms with Gasteiger partial charge in [0.15, 0.2) is 0 Å². The van der Waals surface area contributed by atoms with Crippen LogP contribution in [0, 0.1) is 0 Å². The number of fused-ring (bicyclic) bond motifs is 1. The Bertz CT molecular complexity index is 539. The number of halogens is 2. The lowest BCUT2D eigenvalue weighted by Crippen LogP contribution is -2.38. The van der Waals surface area contributed by atoms with Gasteiger partial charge in [0.2, 0.25) is 0 Å². The van der Waals surface area contributed by atoms with E-state index < -0.39 is 6.10 Å². The van der Waals surface area contributed by atoms with Crippen LogP contribution in [-0.4, -0.2) is 22.7 Å². The number of benzene rings is 1. The minimum Gasteiger partial charge on any atom is -0.387 e. The summed E-state index contributed by atoms with van der Waals surface area (Å²) >= 11 is 0. The van der Waals surface area contributed by atoms with Gasteiger partial charge < -0.3 is 10.4 Å². The molecular weight excluding hydrogens is 384 g/mol. The summed E-state index contributed by atoms with van der Waals surface area (Å²) in [5.74, 6) is 0. The molecule has 0 saturated carbocycles. The van der Waals surface area contributed by atoms with Crippen molar-refractivity contribution in [3.63, 3.8) is 0 Å². The zero-order chi connectivity index (χ0) is 12.4.